The highest BCUT2D eigenvalue weighted by Gasteiger charge is 2.29. The first-order valence-corrected chi connectivity index (χ1v) is 19.2. The first kappa shape index (κ1) is 36.3. The van der Waals surface area contributed by atoms with Crippen LogP contribution in [-0.2, 0) is 0 Å². The van der Waals surface area contributed by atoms with E-state index in [9.17, 15) is 4.39 Å². The molecule has 1 fully saturated rings. The summed E-state index contributed by atoms with van der Waals surface area (Å²) < 4.78 is 51.0. The van der Waals surface area contributed by atoms with Crippen LogP contribution in [0.4, 0.5) is 13.2 Å². The van der Waals surface area contributed by atoms with Gasteiger partial charge in [0.2, 0.25) is 5.82 Å². The highest BCUT2D eigenvalue weighted by Crippen LogP contribution is 2.42. The average Bonchev–Trinajstić information content (AvgIpc) is 3.12. The summed E-state index contributed by atoms with van der Waals surface area (Å²) in [5.41, 5.74) is 4.15. The summed E-state index contributed by atoms with van der Waals surface area (Å²) in [5.74, 6) is 0.366. The van der Waals surface area contributed by atoms with Gasteiger partial charge in [0, 0.05) is 11.1 Å². The van der Waals surface area contributed by atoms with E-state index in [1.807, 2.05) is 12.1 Å². The molecule has 5 rings (SSSR count). The topological polar surface area (TPSA) is 9.23 Å². The quantitative estimate of drug-likeness (QED) is 0.131. The summed E-state index contributed by atoms with van der Waals surface area (Å²) >= 11 is 0. The maximum atomic E-state index is 15.5. The molecule has 2 aliphatic carbocycles. The third kappa shape index (κ3) is 9.79. The summed E-state index contributed by atoms with van der Waals surface area (Å²) in [5, 5.41) is 0. The molecule has 0 amide bonds. The number of ether oxygens (including phenoxy) is 1. The van der Waals surface area contributed by atoms with E-state index in [1.165, 1.54) is 95.1 Å². The number of unbranched alkanes of at least 4 members (excludes halogenated alkanes) is 8. The number of rotatable bonds is 17. The third-order valence-electron chi connectivity index (χ3n) is 11.1. The molecular weight excluding hydrogens is 601 g/mol. The Hall–Kier alpha value is -3.01. The fourth-order valence-corrected chi connectivity index (χ4v) is 8.06. The molecule has 0 saturated heterocycles. The molecule has 0 bridgehead atoms. The lowest BCUT2D eigenvalue weighted by molar-refractivity contribution is 0.187. The Morgan fingerprint density at radius 1 is 0.604 bits per heavy atom. The van der Waals surface area contributed by atoms with Gasteiger partial charge in [0.25, 0.3) is 0 Å². The van der Waals surface area contributed by atoms with Crippen molar-refractivity contribution in [1.29, 1.82) is 0 Å². The van der Waals surface area contributed by atoms with Gasteiger partial charge in [0.05, 0.1) is 6.61 Å². The van der Waals surface area contributed by atoms with Crippen LogP contribution in [0.25, 0.3) is 27.8 Å². The fourth-order valence-electron chi connectivity index (χ4n) is 8.06. The van der Waals surface area contributed by atoms with Gasteiger partial charge >= 0.3 is 0 Å². The maximum absolute atomic E-state index is 15.5. The van der Waals surface area contributed by atoms with Gasteiger partial charge in [-0.2, -0.15) is 4.39 Å². The molecule has 260 valence electrons. The Morgan fingerprint density at radius 2 is 1.23 bits per heavy atom. The first-order chi connectivity index (χ1) is 23.5. The minimum atomic E-state index is -0.963. The van der Waals surface area contributed by atoms with Crippen LogP contribution in [0.5, 0.6) is 5.75 Å². The van der Waals surface area contributed by atoms with Gasteiger partial charge in [0.1, 0.15) is 5.82 Å². The second kappa shape index (κ2) is 18.7. The largest absolute Gasteiger partial charge is 0.490 e. The van der Waals surface area contributed by atoms with Crippen LogP contribution in [0, 0.1) is 35.2 Å². The molecule has 1 atom stereocenters. The van der Waals surface area contributed by atoms with E-state index in [0.29, 0.717) is 23.3 Å². The average molecular weight is 659 g/mol. The molecule has 0 radical (unpaired) electrons. The number of hydrogen-bond donors (Lipinski definition) is 0. The van der Waals surface area contributed by atoms with Crippen molar-refractivity contribution in [1.82, 2.24) is 0 Å². The van der Waals surface area contributed by atoms with Gasteiger partial charge in [-0.15, -0.1) is 0 Å². The van der Waals surface area contributed by atoms with Crippen LogP contribution < -0.4 is 4.74 Å². The Kier molecular flexibility index (Phi) is 14.1. The standard InChI is InChI=1S/C44H57F3O/c1-3-5-7-8-9-10-12-30-48-42-29-28-40(43(46)44(42)47)37-24-22-36(23-25-37)39-27-26-38(31-41(39)45)35-20-18-34(19-21-35)33-16-14-32(15-17-33)13-11-6-4-2/h20,22-29,31-34H,3-19,21,30H2,1-2H3. The zero-order valence-electron chi connectivity index (χ0n) is 29.5. The van der Waals surface area contributed by atoms with Crippen LogP contribution in [-0.4, -0.2) is 6.61 Å². The molecule has 1 unspecified atom stereocenters. The van der Waals surface area contributed by atoms with Crippen molar-refractivity contribution in [3.8, 4) is 28.0 Å². The zero-order valence-corrected chi connectivity index (χ0v) is 29.5. The van der Waals surface area contributed by atoms with Crippen LogP contribution in [0.15, 0.2) is 60.7 Å². The molecule has 0 spiro atoms. The van der Waals surface area contributed by atoms with Gasteiger partial charge in [-0.05, 0) is 96.7 Å². The SMILES string of the molecule is CCCCCCCCCOc1ccc(-c2ccc(-c3ccc(C4=CCC(C5CCC(CCCCC)CC5)CC4)cc3F)cc2)c(F)c1F. The monoisotopic (exact) mass is 658 g/mol. The number of benzene rings is 3. The van der Waals surface area contributed by atoms with E-state index in [-0.39, 0.29) is 17.1 Å². The van der Waals surface area contributed by atoms with Crippen LogP contribution in [0.2, 0.25) is 0 Å². The predicted octanol–water partition coefficient (Wildman–Crippen LogP) is 14.1. The van der Waals surface area contributed by atoms with E-state index in [4.69, 9.17) is 4.74 Å². The van der Waals surface area contributed by atoms with Crippen molar-refractivity contribution < 1.29 is 17.9 Å². The molecule has 3 aromatic rings. The normalized spacial score (nSPS) is 19.7. The van der Waals surface area contributed by atoms with Gasteiger partial charge in [-0.1, -0.05) is 133 Å². The van der Waals surface area contributed by atoms with Crippen molar-refractivity contribution in [2.45, 2.75) is 129 Å². The molecule has 0 heterocycles. The molecule has 48 heavy (non-hydrogen) atoms. The van der Waals surface area contributed by atoms with Crippen molar-refractivity contribution in [3.05, 3.63) is 83.7 Å². The smallest absolute Gasteiger partial charge is 0.201 e. The second-order valence-corrected chi connectivity index (χ2v) is 14.5. The third-order valence-corrected chi connectivity index (χ3v) is 11.1. The molecular formula is C44H57F3O. The Morgan fingerprint density at radius 3 is 1.90 bits per heavy atom. The molecule has 1 saturated carbocycles. The predicted molar refractivity (Wildman–Crippen MR) is 196 cm³/mol. The first-order valence-electron chi connectivity index (χ1n) is 19.2. The fraction of sp³-hybridized carbons (Fsp3) is 0.545. The zero-order chi connectivity index (χ0) is 33.7. The van der Waals surface area contributed by atoms with Gasteiger partial charge in [0.15, 0.2) is 11.6 Å². The lowest BCUT2D eigenvalue weighted by Crippen LogP contribution is -2.23. The molecule has 0 aromatic heterocycles. The molecule has 3 aromatic carbocycles. The van der Waals surface area contributed by atoms with Crippen molar-refractivity contribution in [2.75, 3.05) is 6.61 Å². The lowest BCUT2D eigenvalue weighted by atomic mass is 9.70. The van der Waals surface area contributed by atoms with Crippen LogP contribution >= 0.6 is 0 Å². The summed E-state index contributed by atoms with van der Waals surface area (Å²) in [6, 6.07) is 15.6. The Balaban J connectivity index is 1.13. The molecule has 4 heteroatoms. The van der Waals surface area contributed by atoms with E-state index < -0.39 is 11.6 Å². The van der Waals surface area contributed by atoms with Crippen molar-refractivity contribution in [2.24, 2.45) is 17.8 Å². The molecule has 0 N–H and O–H groups in total. The number of allylic oxidation sites excluding steroid dienone is 2. The summed E-state index contributed by atoms with van der Waals surface area (Å²) in [4.78, 5) is 0. The Bertz CT molecular complexity index is 1450. The Labute approximate surface area is 288 Å². The van der Waals surface area contributed by atoms with E-state index >= 15 is 8.78 Å². The number of halogens is 3. The van der Waals surface area contributed by atoms with Gasteiger partial charge in [-0.3, -0.25) is 0 Å². The van der Waals surface area contributed by atoms with Gasteiger partial charge < -0.3 is 4.74 Å². The van der Waals surface area contributed by atoms with Crippen molar-refractivity contribution >= 4 is 5.57 Å². The molecule has 2 aliphatic rings. The van der Waals surface area contributed by atoms with E-state index in [0.717, 1.165) is 55.4 Å². The molecule has 0 aliphatic heterocycles. The van der Waals surface area contributed by atoms with Crippen LogP contribution in [0.3, 0.4) is 0 Å². The van der Waals surface area contributed by atoms with Gasteiger partial charge in [-0.25, -0.2) is 8.78 Å². The van der Waals surface area contributed by atoms with E-state index in [2.05, 4.69) is 19.9 Å². The highest BCUT2D eigenvalue weighted by atomic mass is 19.2. The highest BCUT2D eigenvalue weighted by molar-refractivity contribution is 5.74. The summed E-state index contributed by atoms with van der Waals surface area (Å²) in [7, 11) is 0. The maximum Gasteiger partial charge on any atom is 0.201 e. The minimum absolute atomic E-state index is 0.0510. The minimum Gasteiger partial charge on any atom is -0.490 e. The summed E-state index contributed by atoms with van der Waals surface area (Å²) in [6.45, 7) is 4.86. The van der Waals surface area contributed by atoms with Crippen LogP contribution in [0.1, 0.15) is 135 Å². The number of hydrogen-bond acceptors (Lipinski definition) is 1. The van der Waals surface area contributed by atoms with Crippen molar-refractivity contribution in [3.63, 3.8) is 0 Å². The molecule has 1 nitrogen and oxygen atoms in total. The second-order valence-electron chi connectivity index (χ2n) is 14.5. The van der Waals surface area contributed by atoms with E-state index in [1.54, 1.807) is 36.4 Å². The summed E-state index contributed by atoms with van der Waals surface area (Å²) in [6.07, 6.45) is 24.7. The lowest BCUT2D eigenvalue weighted by Gasteiger charge is -2.35.